The number of halogens is 1. The van der Waals surface area contributed by atoms with E-state index in [9.17, 15) is 0 Å². The highest BCUT2D eigenvalue weighted by molar-refractivity contribution is 6.35. The van der Waals surface area contributed by atoms with E-state index in [1.165, 1.54) is 0 Å². The largest absolute Gasteiger partial charge is 0.381 e. The molecule has 0 aliphatic heterocycles. The van der Waals surface area contributed by atoms with Crippen LogP contribution in [0.4, 0.5) is 5.69 Å². The number of pyridine rings is 1. The molecule has 2 aromatic rings. The lowest BCUT2D eigenvalue weighted by molar-refractivity contribution is 0.0682. The third-order valence-electron chi connectivity index (χ3n) is 4.08. The molecule has 0 bridgehead atoms. The van der Waals surface area contributed by atoms with Crippen molar-refractivity contribution < 1.29 is 4.74 Å². The molecule has 1 aromatic carbocycles. The summed E-state index contributed by atoms with van der Waals surface area (Å²) in [7, 11) is 1.80. The number of aromatic nitrogens is 1. The number of rotatable bonds is 3. The van der Waals surface area contributed by atoms with Gasteiger partial charge in [0.05, 0.1) is 22.3 Å². The molecular formula is C16H19ClN2O. The topological polar surface area (TPSA) is 34.1 Å². The number of nitrogens with zero attached hydrogens (tertiary/aromatic N) is 1. The van der Waals surface area contributed by atoms with Gasteiger partial charge in [0.15, 0.2) is 0 Å². The van der Waals surface area contributed by atoms with Crippen LogP contribution >= 0.6 is 11.6 Å². The Bertz CT molecular complexity index is 594. The molecule has 0 saturated heterocycles. The lowest BCUT2D eigenvalue weighted by Crippen LogP contribution is -2.29. The fourth-order valence-corrected chi connectivity index (χ4v) is 3.13. The summed E-state index contributed by atoms with van der Waals surface area (Å²) in [5, 5.41) is 5.38. The Labute approximate surface area is 124 Å². The molecule has 106 valence electrons. The van der Waals surface area contributed by atoms with Crippen LogP contribution in [0.25, 0.3) is 10.9 Å². The average Bonchev–Trinajstić information content (AvgIpc) is 2.51. The van der Waals surface area contributed by atoms with Crippen LogP contribution in [-0.2, 0) is 4.74 Å². The zero-order valence-corrected chi connectivity index (χ0v) is 12.4. The highest BCUT2D eigenvalue weighted by Crippen LogP contribution is 2.30. The van der Waals surface area contributed by atoms with Crippen molar-refractivity contribution in [3.8, 4) is 0 Å². The van der Waals surface area contributed by atoms with Crippen molar-refractivity contribution in [3.63, 3.8) is 0 Å². The van der Waals surface area contributed by atoms with Crippen molar-refractivity contribution in [1.82, 2.24) is 4.98 Å². The van der Waals surface area contributed by atoms with E-state index >= 15 is 0 Å². The molecule has 1 N–H and O–H groups in total. The Kier molecular flexibility index (Phi) is 4.08. The fraction of sp³-hybridized carbons (Fsp3) is 0.438. The summed E-state index contributed by atoms with van der Waals surface area (Å²) in [6, 6.07) is 8.39. The summed E-state index contributed by atoms with van der Waals surface area (Å²) >= 11 is 6.23. The Balaban J connectivity index is 1.80. The van der Waals surface area contributed by atoms with E-state index in [1.807, 2.05) is 30.5 Å². The zero-order valence-electron chi connectivity index (χ0n) is 11.6. The van der Waals surface area contributed by atoms with E-state index in [1.54, 1.807) is 7.11 Å². The van der Waals surface area contributed by atoms with Gasteiger partial charge >= 0.3 is 0 Å². The maximum atomic E-state index is 6.23. The van der Waals surface area contributed by atoms with Crippen LogP contribution in [0.3, 0.4) is 0 Å². The first kappa shape index (κ1) is 13.7. The van der Waals surface area contributed by atoms with E-state index in [4.69, 9.17) is 16.3 Å². The third kappa shape index (κ3) is 2.74. The normalized spacial score (nSPS) is 22.9. The molecule has 1 aromatic heterocycles. The van der Waals surface area contributed by atoms with Crippen LogP contribution in [0.5, 0.6) is 0 Å². The highest BCUT2D eigenvalue weighted by atomic mass is 35.5. The average molecular weight is 291 g/mol. The Morgan fingerprint density at radius 3 is 2.75 bits per heavy atom. The highest BCUT2D eigenvalue weighted by Gasteiger charge is 2.21. The molecular weight excluding hydrogens is 272 g/mol. The molecule has 3 rings (SSSR count). The minimum Gasteiger partial charge on any atom is -0.381 e. The summed E-state index contributed by atoms with van der Waals surface area (Å²) in [6.45, 7) is 0. The van der Waals surface area contributed by atoms with Gasteiger partial charge in [0.1, 0.15) is 0 Å². The minimum absolute atomic E-state index is 0.424. The van der Waals surface area contributed by atoms with Gasteiger partial charge < -0.3 is 10.1 Å². The third-order valence-corrected chi connectivity index (χ3v) is 4.41. The van der Waals surface area contributed by atoms with Gasteiger partial charge in [0, 0.05) is 24.7 Å². The van der Waals surface area contributed by atoms with Crippen LogP contribution in [0.15, 0.2) is 30.5 Å². The summed E-state index contributed by atoms with van der Waals surface area (Å²) in [5.74, 6) is 0. The number of hydrogen-bond donors (Lipinski definition) is 1. The summed E-state index contributed by atoms with van der Waals surface area (Å²) in [5.41, 5.74) is 2.03. The molecule has 1 saturated carbocycles. The molecule has 1 heterocycles. The Morgan fingerprint density at radius 2 is 2.00 bits per heavy atom. The Morgan fingerprint density at radius 1 is 1.20 bits per heavy atom. The van der Waals surface area contributed by atoms with E-state index in [0.717, 1.165) is 47.3 Å². The summed E-state index contributed by atoms with van der Waals surface area (Å²) in [4.78, 5) is 4.47. The van der Waals surface area contributed by atoms with E-state index in [-0.39, 0.29) is 0 Å². The lowest BCUT2D eigenvalue weighted by Gasteiger charge is -2.29. The van der Waals surface area contributed by atoms with Gasteiger partial charge in [-0.3, -0.25) is 4.98 Å². The van der Waals surface area contributed by atoms with E-state index in [2.05, 4.69) is 10.3 Å². The molecule has 0 radical (unpaired) electrons. The molecule has 0 unspecified atom stereocenters. The molecule has 20 heavy (non-hydrogen) atoms. The predicted octanol–water partition coefficient (Wildman–Crippen LogP) is 4.26. The standard InChI is InChI=1S/C16H19ClN2O/c1-20-12-6-4-11(5-7-12)19-15-9-8-14(17)13-3-2-10-18-16(13)15/h2-3,8-12,19H,4-7H2,1H3. The molecule has 1 fully saturated rings. The van der Waals surface area contributed by atoms with Crippen molar-refractivity contribution in [3.05, 3.63) is 35.5 Å². The molecule has 3 nitrogen and oxygen atoms in total. The molecule has 1 aliphatic carbocycles. The van der Waals surface area contributed by atoms with Gasteiger partial charge in [-0.1, -0.05) is 11.6 Å². The predicted molar refractivity (Wildman–Crippen MR) is 83.4 cm³/mol. The maximum Gasteiger partial charge on any atom is 0.0948 e. The summed E-state index contributed by atoms with van der Waals surface area (Å²) in [6.07, 6.45) is 6.74. The van der Waals surface area contributed by atoms with Gasteiger partial charge in [0.25, 0.3) is 0 Å². The second kappa shape index (κ2) is 5.98. The second-order valence-electron chi connectivity index (χ2n) is 5.35. The Hall–Kier alpha value is -1.32. The molecule has 0 amide bonds. The van der Waals surface area contributed by atoms with Gasteiger partial charge in [-0.25, -0.2) is 0 Å². The summed E-state index contributed by atoms with van der Waals surface area (Å²) < 4.78 is 5.42. The quantitative estimate of drug-likeness (QED) is 0.917. The second-order valence-corrected chi connectivity index (χ2v) is 5.76. The molecule has 0 spiro atoms. The van der Waals surface area contributed by atoms with Crippen molar-refractivity contribution in [2.75, 3.05) is 12.4 Å². The van der Waals surface area contributed by atoms with Crippen molar-refractivity contribution in [2.24, 2.45) is 0 Å². The van der Waals surface area contributed by atoms with Crippen LogP contribution in [0.1, 0.15) is 25.7 Å². The van der Waals surface area contributed by atoms with E-state index < -0.39 is 0 Å². The lowest BCUT2D eigenvalue weighted by atomic mass is 9.92. The first-order valence-corrected chi connectivity index (χ1v) is 7.48. The number of fused-ring (bicyclic) bond motifs is 1. The first-order chi connectivity index (χ1) is 9.78. The van der Waals surface area contributed by atoms with E-state index in [0.29, 0.717) is 12.1 Å². The SMILES string of the molecule is COC1CCC(Nc2ccc(Cl)c3cccnc23)CC1. The van der Waals surface area contributed by atoms with Gasteiger partial charge in [-0.15, -0.1) is 0 Å². The maximum absolute atomic E-state index is 6.23. The number of ether oxygens (including phenoxy) is 1. The number of anilines is 1. The minimum atomic E-state index is 0.424. The fourth-order valence-electron chi connectivity index (χ4n) is 2.92. The van der Waals surface area contributed by atoms with Gasteiger partial charge in [-0.2, -0.15) is 0 Å². The molecule has 0 atom stereocenters. The zero-order chi connectivity index (χ0) is 13.9. The van der Waals surface area contributed by atoms with Crippen LogP contribution in [0.2, 0.25) is 5.02 Å². The van der Waals surface area contributed by atoms with Gasteiger partial charge in [0.2, 0.25) is 0 Å². The first-order valence-electron chi connectivity index (χ1n) is 7.10. The van der Waals surface area contributed by atoms with Crippen LogP contribution in [0, 0.1) is 0 Å². The van der Waals surface area contributed by atoms with Crippen molar-refractivity contribution >= 4 is 28.2 Å². The number of methoxy groups -OCH3 is 1. The number of benzene rings is 1. The molecule has 1 aliphatic rings. The number of nitrogens with one attached hydrogen (secondary N) is 1. The van der Waals surface area contributed by atoms with Crippen molar-refractivity contribution in [1.29, 1.82) is 0 Å². The smallest absolute Gasteiger partial charge is 0.0948 e. The monoisotopic (exact) mass is 290 g/mol. The van der Waals surface area contributed by atoms with Crippen molar-refractivity contribution in [2.45, 2.75) is 37.8 Å². The van der Waals surface area contributed by atoms with Crippen LogP contribution in [-0.4, -0.2) is 24.2 Å². The van der Waals surface area contributed by atoms with Crippen LogP contribution < -0.4 is 5.32 Å². The number of hydrogen-bond acceptors (Lipinski definition) is 3. The van der Waals surface area contributed by atoms with Gasteiger partial charge in [-0.05, 0) is 49.9 Å². The molecule has 4 heteroatoms.